The van der Waals surface area contributed by atoms with Gasteiger partial charge in [0.1, 0.15) is 12.4 Å². The van der Waals surface area contributed by atoms with Gasteiger partial charge < -0.3 is 14.5 Å². The molecule has 6 nitrogen and oxygen atoms in total. The number of aryl methyl sites for hydroxylation is 1. The maximum Gasteiger partial charge on any atom is 0.338 e. The maximum atomic E-state index is 12.2. The number of nitrogens with one attached hydrogen (secondary N) is 1. The second-order valence-corrected chi connectivity index (χ2v) is 6.52. The van der Waals surface area contributed by atoms with Gasteiger partial charge >= 0.3 is 11.7 Å². The van der Waals surface area contributed by atoms with E-state index in [4.69, 9.17) is 9.47 Å². The molecule has 26 heavy (non-hydrogen) atoms. The lowest BCUT2D eigenvalue weighted by molar-refractivity contribution is 0.0472. The van der Waals surface area contributed by atoms with Crippen molar-refractivity contribution in [3.8, 4) is 11.4 Å². The van der Waals surface area contributed by atoms with Crippen molar-refractivity contribution in [3.05, 3.63) is 80.4 Å². The van der Waals surface area contributed by atoms with Gasteiger partial charge in [0.2, 0.25) is 0 Å². The summed E-state index contributed by atoms with van der Waals surface area (Å²) < 4.78 is 12.8. The number of H-pyrrole nitrogens is 1. The number of esters is 1. The van der Waals surface area contributed by atoms with Gasteiger partial charge in [0.15, 0.2) is 0 Å². The van der Waals surface area contributed by atoms with Crippen molar-refractivity contribution in [2.45, 2.75) is 13.5 Å². The zero-order valence-corrected chi connectivity index (χ0v) is 15.9. The van der Waals surface area contributed by atoms with Crippen molar-refractivity contribution >= 4 is 21.9 Å². The van der Waals surface area contributed by atoms with E-state index in [0.717, 1.165) is 15.7 Å². The predicted octanol–water partition coefficient (Wildman–Crippen LogP) is 3.60. The van der Waals surface area contributed by atoms with E-state index in [1.165, 1.54) is 4.57 Å². The van der Waals surface area contributed by atoms with Gasteiger partial charge in [0.25, 0.3) is 0 Å². The quantitative estimate of drug-likeness (QED) is 0.644. The Labute approximate surface area is 158 Å². The van der Waals surface area contributed by atoms with Gasteiger partial charge in [-0.1, -0.05) is 6.07 Å². The Morgan fingerprint density at radius 3 is 2.50 bits per heavy atom. The van der Waals surface area contributed by atoms with Gasteiger partial charge in [0.05, 0.1) is 22.8 Å². The van der Waals surface area contributed by atoms with Gasteiger partial charge in [-0.15, -0.1) is 0 Å². The van der Waals surface area contributed by atoms with E-state index >= 15 is 0 Å². The number of rotatable bonds is 5. The van der Waals surface area contributed by atoms with Crippen molar-refractivity contribution < 1.29 is 14.3 Å². The zero-order valence-electron chi connectivity index (χ0n) is 14.3. The standard InChI is InChI=1S/C19H17BrN2O4/c1-12-10-21-19(24)22(12)15-6-4-14(5-7-15)18(23)26-11-13-3-8-17(25-2)16(20)9-13/h3-10H,11H2,1-2H3,(H,21,24). The van der Waals surface area contributed by atoms with Crippen LogP contribution in [0.5, 0.6) is 5.75 Å². The highest BCUT2D eigenvalue weighted by atomic mass is 79.9. The van der Waals surface area contributed by atoms with Crippen molar-refractivity contribution in [1.82, 2.24) is 9.55 Å². The van der Waals surface area contributed by atoms with Crippen LogP contribution in [0.1, 0.15) is 21.6 Å². The van der Waals surface area contributed by atoms with Gasteiger partial charge in [-0.3, -0.25) is 4.57 Å². The van der Waals surface area contributed by atoms with Crippen LogP contribution in [0.2, 0.25) is 0 Å². The number of aromatic nitrogens is 2. The molecule has 0 spiro atoms. The average Bonchev–Trinajstić information content (AvgIpc) is 2.98. The van der Waals surface area contributed by atoms with Crippen LogP contribution < -0.4 is 10.4 Å². The molecular weight excluding hydrogens is 400 g/mol. The zero-order chi connectivity index (χ0) is 18.7. The molecule has 0 fully saturated rings. The molecule has 0 aliphatic rings. The third kappa shape index (κ3) is 3.72. The van der Waals surface area contributed by atoms with E-state index in [2.05, 4.69) is 20.9 Å². The molecule has 0 saturated carbocycles. The third-order valence-corrected chi connectivity index (χ3v) is 4.53. The summed E-state index contributed by atoms with van der Waals surface area (Å²) in [6.07, 6.45) is 1.64. The van der Waals surface area contributed by atoms with Crippen molar-refractivity contribution in [1.29, 1.82) is 0 Å². The number of imidazole rings is 1. The fourth-order valence-corrected chi connectivity index (χ4v) is 3.14. The van der Waals surface area contributed by atoms with Gasteiger partial charge in [-0.05, 0) is 64.8 Å². The first kappa shape index (κ1) is 18.0. The maximum absolute atomic E-state index is 12.2. The number of halogens is 1. The lowest BCUT2D eigenvalue weighted by Crippen LogP contribution is -2.16. The van der Waals surface area contributed by atoms with Crippen molar-refractivity contribution in [2.75, 3.05) is 7.11 Å². The highest BCUT2D eigenvalue weighted by Gasteiger charge is 2.10. The van der Waals surface area contributed by atoms with Crippen LogP contribution in [0.25, 0.3) is 5.69 Å². The number of carbonyl (C=O) groups excluding carboxylic acids is 1. The summed E-state index contributed by atoms with van der Waals surface area (Å²) in [5.74, 6) is 0.285. The summed E-state index contributed by atoms with van der Waals surface area (Å²) >= 11 is 3.40. The molecule has 1 aromatic heterocycles. The lowest BCUT2D eigenvalue weighted by Gasteiger charge is -2.09. The monoisotopic (exact) mass is 416 g/mol. The van der Waals surface area contributed by atoms with E-state index in [1.807, 2.05) is 19.1 Å². The van der Waals surface area contributed by atoms with Crippen molar-refractivity contribution in [3.63, 3.8) is 0 Å². The normalized spacial score (nSPS) is 10.6. The number of carbonyl (C=O) groups is 1. The molecule has 1 heterocycles. The number of aromatic amines is 1. The van der Waals surface area contributed by atoms with Gasteiger partial charge in [-0.25, -0.2) is 9.59 Å². The van der Waals surface area contributed by atoms with E-state index < -0.39 is 5.97 Å². The minimum absolute atomic E-state index is 0.152. The first-order valence-corrected chi connectivity index (χ1v) is 8.66. The molecule has 0 bridgehead atoms. The molecule has 0 radical (unpaired) electrons. The van der Waals surface area contributed by atoms with E-state index in [9.17, 15) is 9.59 Å². The Morgan fingerprint density at radius 1 is 1.19 bits per heavy atom. The summed E-state index contributed by atoms with van der Waals surface area (Å²) in [5.41, 5.74) is 2.52. The van der Waals surface area contributed by atoms with Gasteiger partial charge in [0, 0.05) is 11.9 Å². The largest absolute Gasteiger partial charge is 0.496 e. The highest BCUT2D eigenvalue weighted by Crippen LogP contribution is 2.25. The van der Waals surface area contributed by atoms with Crippen molar-refractivity contribution in [2.24, 2.45) is 0 Å². The molecule has 0 atom stereocenters. The molecule has 0 unspecified atom stereocenters. The molecule has 1 N–H and O–H groups in total. The lowest BCUT2D eigenvalue weighted by atomic mass is 10.2. The first-order chi connectivity index (χ1) is 12.5. The highest BCUT2D eigenvalue weighted by molar-refractivity contribution is 9.10. The second kappa shape index (κ2) is 7.61. The van der Waals surface area contributed by atoms with Crippen LogP contribution in [0.4, 0.5) is 0 Å². The Hall–Kier alpha value is -2.80. The fourth-order valence-electron chi connectivity index (χ4n) is 2.55. The number of hydrogen-bond donors (Lipinski definition) is 1. The third-order valence-electron chi connectivity index (χ3n) is 3.91. The number of ether oxygens (including phenoxy) is 2. The van der Waals surface area contributed by atoms with Crippen LogP contribution in [0, 0.1) is 6.92 Å². The summed E-state index contributed by atoms with van der Waals surface area (Å²) in [7, 11) is 1.59. The van der Waals surface area contributed by atoms with Crippen LogP contribution in [0.15, 0.2) is 57.9 Å². The second-order valence-electron chi connectivity index (χ2n) is 5.66. The molecule has 0 aliphatic carbocycles. The number of nitrogens with zero attached hydrogens (tertiary/aromatic N) is 1. The summed E-state index contributed by atoms with van der Waals surface area (Å²) in [6.45, 7) is 1.98. The molecule has 134 valence electrons. The smallest absolute Gasteiger partial charge is 0.338 e. The number of hydrogen-bond acceptors (Lipinski definition) is 4. The van der Waals surface area contributed by atoms with E-state index in [0.29, 0.717) is 17.0 Å². The minimum atomic E-state index is -0.429. The summed E-state index contributed by atoms with van der Waals surface area (Å²) in [4.78, 5) is 26.6. The van der Waals surface area contributed by atoms with Crippen LogP contribution >= 0.6 is 15.9 Å². The van der Waals surface area contributed by atoms with Crippen LogP contribution in [-0.4, -0.2) is 22.6 Å². The Balaban J connectivity index is 1.69. The SMILES string of the molecule is COc1ccc(COC(=O)c2ccc(-n3c(C)c[nH]c3=O)cc2)cc1Br. The molecular formula is C19H17BrN2O4. The fraction of sp³-hybridized carbons (Fsp3) is 0.158. The van der Waals surface area contributed by atoms with Crippen LogP contribution in [0.3, 0.4) is 0 Å². The molecule has 2 aromatic carbocycles. The summed E-state index contributed by atoms with van der Waals surface area (Å²) in [6, 6.07) is 12.2. The predicted molar refractivity (Wildman–Crippen MR) is 101 cm³/mol. The molecule has 3 aromatic rings. The van der Waals surface area contributed by atoms with Crippen LogP contribution in [-0.2, 0) is 11.3 Å². The Bertz CT molecular complexity index is 990. The first-order valence-electron chi connectivity index (χ1n) is 7.86. The molecule has 0 saturated heterocycles. The number of benzene rings is 2. The topological polar surface area (TPSA) is 73.3 Å². The average molecular weight is 417 g/mol. The Kier molecular flexibility index (Phi) is 5.27. The van der Waals surface area contributed by atoms with E-state index in [-0.39, 0.29) is 12.3 Å². The minimum Gasteiger partial charge on any atom is -0.496 e. The van der Waals surface area contributed by atoms with E-state index in [1.54, 1.807) is 43.6 Å². The van der Waals surface area contributed by atoms with Gasteiger partial charge in [-0.2, -0.15) is 0 Å². The molecule has 7 heteroatoms. The molecule has 0 aliphatic heterocycles. The molecule has 0 amide bonds. The summed E-state index contributed by atoms with van der Waals surface area (Å²) in [5, 5.41) is 0. The Morgan fingerprint density at radius 2 is 1.92 bits per heavy atom. The number of methoxy groups -OCH3 is 1. The molecule has 3 rings (SSSR count).